The molecule has 12 heteroatoms. The van der Waals surface area contributed by atoms with Crippen molar-refractivity contribution in [1.82, 2.24) is 14.9 Å². The van der Waals surface area contributed by atoms with Gasteiger partial charge in [0.1, 0.15) is 11.6 Å². The molecule has 1 aliphatic heterocycles. The molecule has 11 nitrogen and oxygen atoms in total. The zero-order chi connectivity index (χ0) is 33.1. The number of hydrogen-bond acceptors (Lipinski definition) is 8. The van der Waals surface area contributed by atoms with Crippen LogP contribution in [-0.4, -0.2) is 79.2 Å². The number of allylic oxidation sites excluding steroid dienone is 2. The standard InChI is InChI=1S/C32H51N3O8S/c1-9-11-12-13-14-15-23(33-29(39)43-30(4,5)6)27(37)35-20-25(42-8)21(3)26(35)24(36)19-32(18-22(32)10-2)28(38)34-44(40,41)31(7)16-17-31/h9-10,21-23,25-26H,1-2,11-20H2,3-8H3,(H,33,39)(H,34,38)/t21?,22-,23+,25+,26+,32-/m1/s1. The minimum Gasteiger partial charge on any atom is -0.444 e. The van der Waals surface area contributed by atoms with Crippen molar-refractivity contribution in [1.29, 1.82) is 0 Å². The van der Waals surface area contributed by atoms with Gasteiger partial charge in [0.15, 0.2) is 5.78 Å². The largest absolute Gasteiger partial charge is 0.444 e. The first-order chi connectivity index (χ1) is 20.4. The molecule has 0 radical (unpaired) electrons. The van der Waals surface area contributed by atoms with Gasteiger partial charge in [-0.3, -0.25) is 19.1 Å². The lowest BCUT2D eigenvalue weighted by atomic mass is 9.87. The molecule has 2 N–H and O–H groups in total. The van der Waals surface area contributed by atoms with E-state index in [4.69, 9.17) is 9.47 Å². The first kappa shape index (κ1) is 35.7. The molecule has 1 saturated heterocycles. The van der Waals surface area contributed by atoms with Crippen molar-refractivity contribution >= 4 is 33.7 Å². The quantitative estimate of drug-likeness (QED) is 0.190. The summed E-state index contributed by atoms with van der Waals surface area (Å²) in [4.78, 5) is 55.8. The smallest absolute Gasteiger partial charge is 0.408 e. The van der Waals surface area contributed by atoms with Gasteiger partial charge in [-0.25, -0.2) is 13.2 Å². The number of rotatable bonds is 16. The number of nitrogens with one attached hydrogen (secondary N) is 2. The molecule has 3 rings (SSSR count). The second-order valence-electron chi connectivity index (χ2n) is 13.9. The highest BCUT2D eigenvalue weighted by Gasteiger charge is 2.63. The number of carbonyl (C=O) groups is 4. The highest BCUT2D eigenvalue weighted by atomic mass is 32.2. The first-order valence-electron chi connectivity index (χ1n) is 15.6. The maximum absolute atomic E-state index is 14.1. The lowest BCUT2D eigenvalue weighted by Crippen LogP contribution is -2.53. The fraction of sp³-hybridized carbons (Fsp3) is 0.750. The van der Waals surface area contributed by atoms with Crippen LogP contribution in [0, 0.1) is 17.3 Å². The summed E-state index contributed by atoms with van der Waals surface area (Å²) in [5.74, 6) is -2.27. The third-order valence-corrected chi connectivity index (χ3v) is 11.5. The zero-order valence-corrected chi connectivity index (χ0v) is 28.0. The summed E-state index contributed by atoms with van der Waals surface area (Å²) < 4.78 is 38.0. The number of ether oxygens (including phenoxy) is 2. The normalized spacial score (nSPS) is 28.0. The van der Waals surface area contributed by atoms with Gasteiger partial charge in [0, 0.05) is 26.0 Å². The van der Waals surface area contributed by atoms with Crippen LogP contribution >= 0.6 is 0 Å². The molecule has 2 saturated carbocycles. The van der Waals surface area contributed by atoms with E-state index in [1.54, 1.807) is 33.8 Å². The van der Waals surface area contributed by atoms with Crippen LogP contribution in [0.2, 0.25) is 0 Å². The number of ketones is 1. The van der Waals surface area contributed by atoms with E-state index < -0.39 is 67.8 Å². The molecule has 0 aromatic heterocycles. The van der Waals surface area contributed by atoms with Crippen molar-refractivity contribution in [3.8, 4) is 0 Å². The summed E-state index contributed by atoms with van der Waals surface area (Å²) in [6.45, 7) is 16.3. The van der Waals surface area contributed by atoms with E-state index in [0.29, 0.717) is 25.7 Å². The Bertz CT molecular complexity index is 1240. The Morgan fingerprint density at radius 1 is 1.11 bits per heavy atom. The van der Waals surface area contributed by atoms with Crippen molar-refractivity contribution in [2.75, 3.05) is 13.7 Å². The van der Waals surface area contributed by atoms with E-state index >= 15 is 0 Å². The Kier molecular flexibility index (Phi) is 11.1. The molecule has 3 aliphatic rings. The second kappa shape index (κ2) is 13.7. The lowest BCUT2D eigenvalue weighted by molar-refractivity contribution is -0.141. The summed E-state index contributed by atoms with van der Waals surface area (Å²) in [7, 11) is -2.39. The monoisotopic (exact) mass is 637 g/mol. The number of amides is 3. The minimum atomic E-state index is -3.90. The van der Waals surface area contributed by atoms with Crippen molar-refractivity contribution in [3.63, 3.8) is 0 Å². The maximum Gasteiger partial charge on any atom is 0.408 e. The molecule has 2 aliphatic carbocycles. The zero-order valence-electron chi connectivity index (χ0n) is 27.1. The van der Waals surface area contributed by atoms with Crippen LogP contribution in [0.3, 0.4) is 0 Å². The summed E-state index contributed by atoms with van der Waals surface area (Å²) >= 11 is 0. The van der Waals surface area contributed by atoms with Gasteiger partial charge in [-0.15, -0.1) is 13.2 Å². The Hall–Kier alpha value is -2.73. The van der Waals surface area contributed by atoms with Crippen LogP contribution in [-0.2, 0) is 33.9 Å². The van der Waals surface area contributed by atoms with Crippen LogP contribution in [0.25, 0.3) is 0 Å². The molecule has 3 amide bonds. The van der Waals surface area contributed by atoms with Gasteiger partial charge in [0.2, 0.25) is 21.8 Å². The molecule has 0 aromatic carbocycles. The lowest BCUT2D eigenvalue weighted by Gasteiger charge is -2.31. The van der Waals surface area contributed by atoms with Gasteiger partial charge < -0.3 is 19.7 Å². The van der Waals surface area contributed by atoms with Crippen LogP contribution in [0.5, 0.6) is 0 Å². The van der Waals surface area contributed by atoms with Crippen molar-refractivity contribution in [2.45, 2.75) is 121 Å². The van der Waals surface area contributed by atoms with Crippen molar-refractivity contribution < 1.29 is 37.1 Å². The minimum absolute atomic E-state index is 0.132. The summed E-state index contributed by atoms with van der Waals surface area (Å²) in [6.07, 6.45) is 6.78. The van der Waals surface area contributed by atoms with E-state index in [1.807, 2.05) is 13.0 Å². The van der Waals surface area contributed by atoms with E-state index in [-0.39, 0.29) is 31.1 Å². The molecule has 248 valence electrons. The van der Waals surface area contributed by atoms with Crippen LogP contribution in [0.15, 0.2) is 25.3 Å². The Labute approximate surface area is 262 Å². The molecule has 0 aromatic rings. The van der Waals surface area contributed by atoms with E-state index in [1.165, 1.54) is 12.0 Å². The fourth-order valence-corrected chi connectivity index (χ4v) is 7.39. The van der Waals surface area contributed by atoms with Gasteiger partial charge in [0.25, 0.3) is 0 Å². The maximum atomic E-state index is 14.1. The van der Waals surface area contributed by atoms with Crippen LogP contribution in [0.1, 0.15) is 92.4 Å². The highest BCUT2D eigenvalue weighted by Crippen LogP contribution is 2.57. The van der Waals surface area contributed by atoms with Crippen LogP contribution in [0.4, 0.5) is 4.79 Å². The highest BCUT2D eigenvalue weighted by molar-refractivity contribution is 7.91. The molecule has 44 heavy (non-hydrogen) atoms. The SMILES string of the molecule is C=CCCCCC[C@H](NC(=O)OC(C)(C)C)C(=O)N1C[C@H](OC)C(C)[C@H]1C(=O)C[C@]1(C(=O)NS(=O)(=O)C2(C)CC2)C[C@H]1C=C. The topological polar surface area (TPSA) is 148 Å². The fourth-order valence-electron chi connectivity index (χ4n) is 6.06. The number of carbonyl (C=O) groups excluding carboxylic acids is 4. The molecule has 6 atom stereocenters. The van der Waals surface area contributed by atoms with E-state index in [0.717, 1.165) is 19.3 Å². The Morgan fingerprint density at radius 3 is 2.30 bits per heavy atom. The predicted molar refractivity (Wildman–Crippen MR) is 167 cm³/mol. The van der Waals surface area contributed by atoms with E-state index in [9.17, 15) is 27.6 Å². The van der Waals surface area contributed by atoms with Gasteiger partial charge in [0.05, 0.1) is 22.3 Å². The summed E-state index contributed by atoms with van der Waals surface area (Å²) in [6, 6.07) is -1.86. The summed E-state index contributed by atoms with van der Waals surface area (Å²) in [5, 5.41) is 2.72. The number of likely N-dealkylation sites (tertiary alicyclic amines) is 1. The third-order valence-electron chi connectivity index (χ3n) is 9.29. The van der Waals surface area contributed by atoms with Gasteiger partial charge >= 0.3 is 6.09 Å². The summed E-state index contributed by atoms with van der Waals surface area (Å²) in [5.41, 5.74) is -2.02. The molecule has 1 heterocycles. The number of alkyl carbamates (subject to hydrolysis) is 1. The third kappa shape index (κ3) is 8.10. The molecule has 1 unspecified atom stereocenters. The van der Waals surface area contributed by atoms with Crippen molar-refractivity contribution in [2.24, 2.45) is 17.3 Å². The van der Waals surface area contributed by atoms with Crippen LogP contribution < -0.4 is 10.0 Å². The Balaban J connectivity index is 1.83. The molecule has 3 fully saturated rings. The number of nitrogens with zero attached hydrogens (tertiary/aromatic N) is 1. The first-order valence-corrected chi connectivity index (χ1v) is 17.1. The van der Waals surface area contributed by atoms with Crippen molar-refractivity contribution in [3.05, 3.63) is 25.3 Å². The number of methoxy groups -OCH3 is 1. The van der Waals surface area contributed by atoms with E-state index in [2.05, 4.69) is 23.2 Å². The predicted octanol–water partition coefficient (Wildman–Crippen LogP) is 4.03. The number of sulfonamides is 1. The number of hydrogen-bond donors (Lipinski definition) is 2. The number of unbranched alkanes of at least 4 members (excludes halogenated alkanes) is 3. The number of Topliss-reactive ketones (excluding diaryl/α,β-unsaturated/α-hetero) is 1. The molecule has 0 bridgehead atoms. The molecular formula is C32H51N3O8S. The average molecular weight is 638 g/mol. The molecule has 0 spiro atoms. The van der Waals surface area contributed by atoms with Gasteiger partial charge in [-0.1, -0.05) is 31.9 Å². The average Bonchev–Trinajstić information content (AvgIpc) is 3.82. The van der Waals surface area contributed by atoms with Gasteiger partial charge in [-0.05, 0) is 72.1 Å². The second-order valence-corrected chi connectivity index (χ2v) is 16.1. The Morgan fingerprint density at radius 2 is 1.77 bits per heavy atom. The van der Waals surface area contributed by atoms with Gasteiger partial charge in [-0.2, -0.15) is 0 Å². The molecular weight excluding hydrogens is 586 g/mol.